The summed E-state index contributed by atoms with van der Waals surface area (Å²) in [4.78, 5) is 10.6. The van der Waals surface area contributed by atoms with E-state index < -0.39 is 0 Å². The van der Waals surface area contributed by atoms with Gasteiger partial charge in [-0.15, -0.1) is 0 Å². The molecule has 0 aliphatic heterocycles. The van der Waals surface area contributed by atoms with Gasteiger partial charge in [0.05, 0.1) is 11.4 Å². The number of hydrogen-bond donors (Lipinski definition) is 0. The molecule has 0 fully saturated rings. The van der Waals surface area contributed by atoms with E-state index in [4.69, 9.17) is 9.98 Å². The van der Waals surface area contributed by atoms with E-state index in [1.165, 1.54) is 55.8 Å². The van der Waals surface area contributed by atoms with E-state index in [9.17, 15) is 0 Å². The topological polar surface area (TPSA) is 29.6 Å². The van der Waals surface area contributed by atoms with Gasteiger partial charge in [0.25, 0.3) is 0 Å². The average molecular weight is 702 g/mol. The Morgan fingerprint density at radius 2 is 1.56 bits per heavy atom. The second kappa shape index (κ2) is 14.8. The van der Waals surface area contributed by atoms with Crippen LogP contribution in [-0.2, 0) is 12.8 Å². The van der Waals surface area contributed by atoms with E-state index in [0.29, 0.717) is 11.5 Å². The summed E-state index contributed by atoms with van der Waals surface area (Å²) in [7, 11) is 0. The molecule has 0 unspecified atom stereocenters. The van der Waals surface area contributed by atoms with Crippen LogP contribution in [0.25, 0.3) is 46.3 Å². The molecule has 54 heavy (non-hydrogen) atoms. The summed E-state index contributed by atoms with van der Waals surface area (Å²) in [5.74, 6) is 0.634. The fourth-order valence-corrected chi connectivity index (χ4v) is 8.46. The van der Waals surface area contributed by atoms with Crippen LogP contribution >= 0.6 is 0 Å². The maximum Gasteiger partial charge on any atom is 0.160 e. The summed E-state index contributed by atoms with van der Waals surface area (Å²) in [6.07, 6.45) is 20.8. The van der Waals surface area contributed by atoms with Crippen molar-refractivity contribution in [3.05, 3.63) is 189 Å². The first kappa shape index (κ1) is 35.0. The lowest BCUT2D eigenvalue weighted by molar-refractivity contribution is 0.935. The number of aromatic nitrogens is 1. The fraction of sp³-hybridized carbons (Fsp3) is 0.176. The summed E-state index contributed by atoms with van der Waals surface area (Å²) in [6.45, 7) is 17.3. The number of allylic oxidation sites excluding steroid dienone is 6. The number of benzene rings is 4. The number of aryl methyl sites for hydroxylation is 2. The van der Waals surface area contributed by atoms with Crippen molar-refractivity contribution in [1.29, 1.82) is 0 Å². The lowest BCUT2D eigenvalue weighted by Gasteiger charge is -2.16. The van der Waals surface area contributed by atoms with Crippen LogP contribution in [0.15, 0.2) is 138 Å². The SMILES string of the molecule is C=Cc1c(/C=C\C)c2c(n1-c1ccc(C(=N/C(=C)c3ccc4c(c3)CC3=C4C=CCC3)/N=C(\C)c3cccc(C)c3-c3ccccc3C)cc1)C=CCC2. The van der Waals surface area contributed by atoms with Gasteiger partial charge in [0.15, 0.2) is 5.84 Å². The third-order valence-electron chi connectivity index (χ3n) is 11.1. The predicted octanol–water partition coefficient (Wildman–Crippen LogP) is 13.0. The fourth-order valence-electron chi connectivity index (χ4n) is 8.46. The summed E-state index contributed by atoms with van der Waals surface area (Å²) < 4.78 is 2.33. The van der Waals surface area contributed by atoms with Gasteiger partial charge >= 0.3 is 0 Å². The first-order chi connectivity index (χ1) is 26.4. The predicted molar refractivity (Wildman–Crippen MR) is 232 cm³/mol. The highest BCUT2D eigenvalue weighted by Crippen LogP contribution is 2.40. The number of amidine groups is 1. The Balaban J connectivity index is 1.23. The molecule has 3 nitrogen and oxygen atoms in total. The largest absolute Gasteiger partial charge is 0.310 e. The van der Waals surface area contributed by atoms with Gasteiger partial charge in [-0.25, -0.2) is 9.98 Å². The summed E-state index contributed by atoms with van der Waals surface area (Å²) >= 11 is 0. The second-order valence-corrected chi connectivity index (χ2v) is 14.6. The second-order valence-electron chi connectivity index (χ2n) is 14.6. The van der Waals surface area contributed by atoms with Gasteiger partial charge in [-0.2, -0.15) is 0 Å². The van der Waals surface area contributed by atoms with Crippen LogP contribution in [0.2, 0.25) is 0 Å². The van der Waals surface area contributed by atoms with E-state index >= 15 is 0 Å². The molecule has 3 heteroatoms. The molecule has 3 aliphatic rings. The minimum Gasteiger partial charge on any atom is -0.310 e. The zero-order chi connectivity index (χ0) is 37.3. The monoisotopic (exact) mass is 701 g/mol. The maximum atomic E-state index is 5.35. The molecule has 0 spiro atoms. The van der Waals surface area contributed by atoms with Crippen molar-refractivity contribution in [1.82, 2.24) is 4.57 Å². The smallest absolute Gasteiger partial charge is 0.160 e. The third kappa shape index (κ3) is 6.34. The van der Waals surface area contributed by atoms with Crippen molar-refractivity contribution >= 4 is 41.0 Å². The van der Waals surface area contributed by atoms with E-state index in [-0.39, 0.29) is 0 Å². The van der Waals surface area contributed by atoms with Crippen molar-refractivity contribution < 1.29 is 0 Å². The molecule has 0 saturated carbocycles. The molecule has 1 aromatic heterocycles. The van der Waals surface area contributed by atoms with E-state index in [0.717, 1.165) is 65.9 Å². The number of hydrogen-bond acceptors (Lipinski definition) is 1. The lowest BCUT2D eigenvalue weighted by Crippen LogP contribution is -2.07. The van der Waals surface area contributed by atoms with Crippen LogP contribution in [0.5, 0.6) is 0 Å². The molecule has 0 amide bonds. The van der Waals surface area contributed by atoms with Crippen LogP contribution < -0.4 is 0 Å². The van der Waals surface area contributed by atoms with Crippen LogP contribution in [0.1, 0.15) is 94.6 Å². The van der Waals surface area contributed by atoms with Crippen LogP contribution in [0, 0.1) is 13.8 Å². The van der Waals surface area contributed by atoms with Crippen LogP contribution in [0.4, 0.5) is 0 Å². The molecule has 266 valence electrons. The van der Waals surface area contributed by atoms with E-state index in [2.05, 4.69) is 167 Å². The van der Waals surface area contributed by atoms with Crippen LogP contribution in [-0.4, -0.2) is 16.1 Å². The number of nitrogens with zero attached hydrogens (tertiary/aromatic N) is 3. The highest BCUT2D eigenvalue weighted by Gasteiger charge is 2.23. The normalized spacial score (nSPS) is 15.1. The number of fused-ring (bicyclic) bond motifs is 3. The molecule has 0 N–H and O–H groups in total. The van der Waals surface area contributed by atoms with Crippen molar-refractivity contribution in [2.75, 3.05) is 0 Å². The molecule has 1 heterocycles. The Bertz CT molecular complexity index is 2520. The molecule has 0 bridgehead atoms. The minimum absolute atomic E-state index is 0.634. The van der Waals surface area contributed by atoms with Crippen molar-refractivity contribution in [2.45, 2.75) is 59.8 Å². The number of rotatable bonds is 8. The lowest BCUT2D eigenvalue weighted by atomic mass is 9.90. The Hall–Kier alpha value is -6.06. The first-order valence-corrected chi connectivity index (χ1v) is 19.2. The molecule has 3 aliphatic carbocycles. The van der Waals surface area contributed by atoms with Gasteiger partial charge < -0.3 is 4.57 Å². The van der Waals surface area contributed by atoms with Gasteiger partial charge in [0, 0.05) is 33.8 Å². The van der Waals surface area contributed by atoms with E-state index in [1.54, 1.807) is 5.57 Å². The van der Waals surface area contributed by atoms with Gasteiger partial charge in [-0.05, 0) is 152 Å². The molecule has 5 aromatic rings. The molecular formula is C51H47N3. The van der Waals surface area contributed by atoms with Crippen molar-refractivity contribution in [3.63, 3.8) is 0 Å². The van der Waals surface area contributed by atoms with Gasteiger partial charge in [0.1, 0.15) is 0 Å². The van der Waals surface area contributed by atoms with Gasteiger partial charge in [-0.1, -0.05) is 104 Å². The van der Waals surface area contributed by atoms with E-state index in [1.807, 2.05) is 6.08 Å². The van der Waals surface area contributed by atoms with Crippen molar-refractivity contribution in [2.24, 2.45) is 9.98 Å². The summed E-state index contributed by atoms with van der Waals surface area (Å²) in [5, 5.41) is 0. The highest BCUT2D eigenvalue weighted by atomic mass is 15.0. The Morgan fingerprint density at radius 1 is 0.796 bits per heavy atom. The van der Waals surface area contributed by atoms with Crippen LogP contribution in [0.3, 0.4) is 0 Å². The number of aliphatic imine (C=N–C) groups is 2. The third-order valence-corrected chi connectivity index (χ3v) is 11.1. The zero-order valence-electron chi connectivity index (χ0n) is 31.9. The molecule has 8 rings (SSSR count). The Morgan fingerprint density at radius 3 is 2.35 bits per heavy atom. The van der Waals surface area contributed by atoms with Gasteiger partial charge in [0.2, 0.25) is 0 Å². The maximum absolute atomic E-state index is 5.35. The zero-order valence-corrected chi connectivity index (χ0v) is 31.9. The molecule has 0 atom stereocenters. The first-order valence-electron chi connectivity index (χ1n) is 19.2. The van der Waals surface area contributed by atoms with Gasteiger partial charge in [-0.3, -0.25) is 0 Å². The molecule has 0 radical (unpaired) electrons. The summed E-state index contributed by atoms with van der Waals surface area (Å²) in [5.41, 5.74) is 21.2. The summed E-state index contributed by atoms with van der Waals surface area (Å²) in [6, 6.07) is 30.4. The molecule has 4 aromatic carbocycles. The van der Waals surface area contributed by atoms with Crippen molar-refractivity contribution in [3.8, 4) is 16.8 Å². The Kier molecular flexibility index (Phi) is 9.56. The molecule has 0 saturated heterocycles. The quantitative estimate of drug-likeness (QED) is 0.114. The highest BCUT2D eigenvalue weighted by molar-refractivity contribution is 6.15. The molecular weight excluding hydrogens is 655 g/mol. The standard InChI is InChI=1S/C51H47N3/c1-7-16-46-47-22-13-14-24-49(47)54(48(46)8-2)41-28-25-37(26-29-41)51(52-35(5)38-27-30-45-40(31-38)32-39-19-10-12-21-44(39)45)53-36(6)43-23-15-18-34(4)50(43)42-20-11-9-17-33(42)3/h7-9,11-12,14-18,20-21,23-31H,2,5,10,13,19,22,32H2,1,3-4,6H3/b16-7-,52-51-,53-36+. The Labute approximate surface area is 320 Å². The average Bonchev–Trinajstić information content (AvgIpc) is 3.73. The minimum atomic E-state index is 0.634.